The Morgan fingerprint density at radius 2 is 0.963 bits per heavy atom. The van der Waals surface area contributed by atoms with Gasteiger partial charge in [-0.15, -0.1) is 0 Å². The highest BCUT2D eigenvalue weighted by molar-refractivity contribution is 5.89. The summed E-state index contributed by atoms with van der Waals surface area (Å²) in [6.07, 6.45) is 1.22. The lowest BCUT2D eigenvalue weighted by molar-refractivity contribution is -0.139. The molecule has 0 aliphatic heterocycles. The van der Waals surface area contributed by atoms with Gasteiger partial charge in [0.05, 0.1) is 12.2 Å². The number of hydrogen-bond donors (Lipinski definition) is 1. The number of hydrogen-bond acceptors (Lipinski definition) is 6. The van der Waals surface area contributed by atoms with E-state index in [1.807, 2.05) is 78.9 Å². The fraction of sp³-hybridized carbons (Fsp3) is 0.125. The fourth-order valence-electron chi connectivity index (χ4n) is 5.86. The van der Waals surface area contributed by atoms with Gasteiger partial charge in [0.25, 0.3) is 0 Å². The standard InChI is InChI=1S/C48H42O6/c1-33(2)47(50)54-46-24-20-40(21-25-46)44-9-5-7-42(31-44)38-16-12-36(13-17-38)27-29-52-48(51)34(3)32-53-45-22-18-39(19-23-45)43-8-4-6-41(30-43)37-14-10-35(11-15-37)26-28-49/h4-25,30-31,49H,1,3,26-29,32H2,2H3. The average molecular weight is 715 g/mol. The molecule has 0 aromatic heterocycles. The van der Waals surface area contributed by atoms with Crippen molar-refractivity contribution in [2.45, 2.75) is 19.8 Å². The van der Waals surface area contributed by atoms with Crippen LogP contribution in [0.4, 0.5) is 0 Å². The lowest BCUT2D eigenvalue weighted by atomic mass is 9.98. The molecule has 0 saturated carbocycles. The largest absolute Gasteiger partial charge is 0.489 e. The van der Waals surface area contributed by atoms with Crippen LogP contribution in [0, 0.1) is 0 Å². The van der Waals surface area contributed by atoms with E-state index < -0.39 is 11.9 Å². The van der Waals surface area contributed by atoms with Crippen molar-refractivity contribution in [1.82, 2.24) is 0 Å². The molecule has 270 valence electrons. The predicted molar refractivity (Wildman–Crippen MR) is 215 cm³/mol. The maximum atomic E-state index is 12.6. The van der Waals surface area contributed by atoms with Gasteiger partial charge in [-0.25, -0.2) is 9.59 Å². The van der Waals surface area contributed by atoms with E-state index in [2.05, 4.69) is 67.8 Å². The molecule has 6 heteroatoms. The van der Waals surface area contributed by atoms with Crippen LogP contribution < -0.4 is 9.47 Å². The van der Waals surface area contributed by atoms with E-state index in [0.29, 0.717) is 29.9 Å². The smallest absolute Gasteiger partial charge is 0.338 e. The second-order valence-corrected chi connectivity index (χ2v) is 13.0. The van der Waals surface area contributed by atoms with Crippen LogP contribution in [0.15, 0.2) is 170 Å². The summed E-state index contributed by atoms with van der Waals surface area (Å²) >= 11 is 0. The molecule has 0 atom stereocenters. The molecule has 6 aromatic carbocycles. The Balaban J connectivity index is 0.953. The minimum Gasteiger partial charge on any atom is -0.489 e. The lowest BCUT2D eigenvalue weighted by Crippen LogP contribution is -2.15. The summed E-state index contributed by atoms with van der Waals surface area (Å²) in [5, 5.41) is 9.18. The van der Waals surface area contributed by atoms with Crippen molar-refractivity contribution in [3.8, 4) is 56.0 Å². The van der Waals surface area contributed by atoms with Gasteiger partial charge >= 0.3 is 11.9 Å². The molecular formula is C48H42O6. The van der Waals surface area contributed by atoms with Crippen LogP contribution in [0.3, 0.4) is 0 Å². The molecule has 0 aliphatic rings. The molecule has 0 fully saturated rings. The summed E-state index contributed by atoms with van der Waals surface area (Å²) in [6.45, 7) is 9.50. The maximum absolute atomic E-state index is 12.6. The molecule has 0 radical (unpaired) electrons. The van der Waals surface area contributed by atoms with Crippen LogP contribution in [-0.4, -0.2) is 36.9 Å². The van der Waals surface area contributed by atoms with Crippen molar-refractivity contribution < 1.29 is 28.9 Å². The number of benzene rings is 6. The van der Waals surface area contributed by atoms with Gasteiger partial charge in [0.1, 0.15) is 18.1 Å². The normalized spacial score (nSPS) is 10.7. The summed E-state index contributed by atoms with van der Waals surface area (Å²) in [6, 6.07) is 48.2. The number of esters is 2. The second kappa shape index (κ2) is 17.8. The Kier molecular flexibility index (Phi) is 12.3. The molecule has 0 bridgehead atoms. The quantitative estimate of drug-likeness (QED) is 0.0648. The average Bonchev–Trinajstić information content (AvgIpc) is 3.21. The lowest BCUT2D eigenvalue weighted by Gasteiger charge is -2.11. The van der Waals surface area contributed by atoms with Crippen LogP contribution in [0.2, 0.25) is 0 Å². The van der Waals surface area contributed by atoms with Crippen molar-refractivity contribution in [1.29, 1.82) is 0 Å². The molecule has 6 aromatic rings. The van der Waals surface area contributed by atoms with E-state index in [4.69, 9.17) is 14.2 Å². The SMILES string of the molecule is C=C(C)C(=O)Oc1ccc(-c2cccc(-c3ccc(CCOC(=O)C(=C)COc4ccc(-c5cccc(-c6ccc(CCO)cc6)c5)cc4)cc3)c2)cc1. The Hall–Kier alpha value is -6.50. The number of ether oxygens (including phenoxy) is 3. The number of rotatable bonds is 15. The van der Waals surface area contributed by atoms with E-state index in [9.17, 15) is 14.7 Å². The first-order valence-corrected chi connectivity index (χ1v) is 17.8. The third kappa shape index (κ3) is 9.88. The monoisotopic (exact) mass is 714 g/mol. The van der Waals surface area contributed by atoms with Crippen LogP contribution in [0.25, 0.3) is 44.5 Å². The zero-order chi connectivity index (χ0) is 37.9. The van der Waals surface area contributed by atoms with Gasteiger partial charge < -0.3 is 19.3 Å². The summed E-state index contributed by atoms with van der Waals surface area (Å²) < 4.78 is 16.7. The van der Waals surface area contributed by atoms with Gasteiger partial charge in [0.2, 0.25) is 0 Å². The van der Waals surface area contributed by atoms with Crippen LogP contribution in [0.5, 0.6) is 11.5 Å². The highest BCUT2D eigenvalue weighted by atomic mass is 16.5. The molecule has 6 rings (SSSR count). The molecule has 1 N–H and O–H groups in total. The van der Waals surface area contributed by atoms with Crippen LogP contribution >= 0.6 is 0 Å². The first kappa shape index (κ1) is 37.3. The van der Waals surface area contributed by atoms with Crippen molar-refractivity contribution in [3.63, 3.8) is 0 Å². The Bertz CT molecular complexity index is 2230. The van der Waals surface area contributed by atoms with Gasteiger partial charge in [-0.05, 0) is 105 Å². The van der Waals surface area contributed by atoms with Gasteiger partial charge in [-0.3, -0.25) is 0 Å². The van der Waals surface area contributed by atoms with Crippen molar-refractivity contribution >= 4 is 11.9 Å². The number of aliphatic hydroxyl groups excluding tert-OH is 1. The summed E-state index contributed by atoms with van der Waals surface area (Å²) in [4.78, 5) is 24.4. The summed E-state index contributed by atoms with van der Waals surface area (Å²) in [5.41, 5.74) is 11.3. The number of carbonyl (C=O) groups is 2. The first-order valence-electron chi connectivity index (χ1n) is 17.8. The molecule has 0 heterocycles. The van der Waals surface area contributed by atoms with Crippen molar-refractivity contribution in [2.75, 3.05) is 19.8 Å². The van der Waals surface area contributed by atoms with E-state index >= 15 is 0 Å². The Morgan fingerprint density at radius 1 is 0.537 bits per heavy atom. The molecule has 0 spiro atoms. The van der Waals surface area contributed by atoms with Crippen molar-refractivity contribution in [3.05, 3.63) is 181 Å². The highest BCUT2D eigenvalue weighted by Gasteiger charge is 2.11. The molecule has 6 nitrogen and oxygen atoms in total. The van der Waals surface area contributed by atoms with Gasteiger partial charge in [0, 0.05) is 18.6 Å². The second-order valence-electron chi connectivity index (χ2n) is 13.0. The molecule has 0 aliphatic carbocycles. The molecule has 54 heavy (non-hydrogen) atoms. The zero-order valence-corrected chi connectivity index (χ0v) is 30.3. The van der Waals surface area contributed by atoms with E-state index in [1.165, 1.54) is 0 Å². The number of aliphatic hydroxyl groups is 1. The van der Waals surface area contributed by atoms with Gasteiger partial charge in [0.15, 0.2) is 0 Å². The maximum Gasteiger partial charge on any atom is 0.338 e. The van der Waals surface area contributed by atoms with Crippen LogP contribution in [0.1, 0.15) is 18.1 Å². The molecule has 0 unspecified atom stereocenters. The van der Waals surface area contributed by atoms with Gasteiger partial charge in [-0.2, -0.15) is 0 Å². The topological polar surface area (TPSA) is 82.1 Å². The van der Waals surface area contributed by atoms with E-state index in [-0.39, 0.29) is 25.4 Å². The summed E-state index contributed by atoms with van der Waals surface area (Å²) in [5.74, 6) is 0.177. The molecule has 0 amide bonds. The Morgan fingerprint density at radius 3 is 1.41 bits per heavy atom. The first-order chi connectivity index (χ1) is 26.2. The molecule has 0 saturated heterocycles. The van der Waals surface area contributed by atoms with E-state index in [1.54, 1.807) is 19.1 Å². The number of carbonyl (C=O) groups excluding carboxylic acids is 2. The highest BCUT2D eigenvalue weighted by Crippen LogP contribution is 2.30. The predicted octanol–water partition coefficient (Wildman–Crippen LogP) is 10.1. The summed E-state index contributed by atoms with van der Waals surface area (Å²) in [7, 11) is 0. The Labute approximate surface area is 316 Å². The van der Waals surface area contributed by atoms with Gasteiger partial charge in [-0.1, -0.05) is 122 Å². The zero-order valence-electron chi connectivity index (χ0n) is 30.3. The minimum atomic E-state index is -0.483. The minimum absolute atomic E-state index is 0.0281. The van der Waals surface area contributed by atoms with E-state index in [0.717, 1.165) is 55.6 Å². The third-order valence-electron chi connectivity index (χ3n) is 8.96. The van der Waals surface area contributed by atoms with Crippen LogP contribution in [-0.2, 0) is 27.2 Å². The third-order valence-corrected chi connectivity index (χ3v) is 8.96. The van der Waals surface area contributed by atoms with Crippen molar-refractivity contribution in [2.24, 2.45) is 0 Å². The molecular weight excluding hydrogens is 673 g/mol. The fourth-order valence-corrected chi connectivity index (χ4v) is 5.86.